The van der Waals surface area contributed by atoms with Crippen LogP contribution >= 0.6 is 0 Å². The molecule has 0 saturated carbocycles. The normalized spacial score (nSPS) is 11.1. The van der Waals surface area contributed by atoms with Crippen molar-refractivity contribution in [3.05, 3.63) is 71.9 Å². The summed E-state index contributed by atoms with van der Waals surface area (Å²) in [5, 5.41) is 13.6. The number of carbonyl (C=O) groups is 1. The number of benzene rings is 2. The van der Waals surface area contributed by atoms with E-state index in [1.54, 1.807) is 31.2 Å². The smallest absolute Gasteiger partial charge is 0.276 e. The lowest BCUT2D eigenvalue weighted by Crippen LogP contribution is -2.26. The fraction of sp³-hybridized carbons (Fsp3) is 0.118. The maximum Gasteiger partial charge on any atom is 0.276 e. The predicted octanol–water partition coefficient (Wildman–Crippen LogP) is 2.68. The Labute approximate surface area is 129 Å². The minimum absolute atomic E-state index is 0.420. The van der Waals surface area contributed by atoms with Crippen molar-refractivity contribution in [2.75, 3.05) is 10.8 Å². The number of nitrogens with zero attached hydrogens (tertiary/aromatic N) is 1. The van der Waals surface area contributed by atoms with Gasteiger partial charge in [-0.1, -0.05) is 36.4 Å². The molecule has 0 unspecified atom stereocenters. The maximum absolute atomic E-state index is 12.0. The number of hydrogen-bond acceptors (Lipinski definition) is 4. The molecule has 0 aliphatic heterocycles. The first-order chi connectivity index (χ1) is 10.6. The van der Waals surface area contributed by atoms with Crippen molar-refractivity contribution in [2.45, 2.75) is 13.5 Å². The molecule has 114 valence electrons. The van der Waals surface area contributed by atoms with Crippen LogP contribution in [0, 0.1) is 0 Å². The van der Waals surface area contributed by atoms with E-state index in [0.29, 0.717) is 28.7 Å². The van der Waals surface area contributed by atoms with Gasteiger partial charge < -0.3 is 11.1 Å². The van der Waals surface area contributed by atoms with E-state index in [1.165, 1.54) is 6.08 Å². The standard InChI is InChI=1S/C17H19N3O2/c1-13(19-12-14-7-5-6-10-16(14)18)11-17(21)20(22)15-8-3-2-4-9-15/h2-11,19,22H,12,18H2,1H3/b13-11+. The van der Waals surface area contributed by atoms with Gasteiger partial charge in [0.15, 0.2) is 0 Å². The van der Waals surface area contributed by atoms with Crippen molar-refractivity contribution in [3.8, 4) is 0 Å². The van der Waals surface area contributed by atoms with Gasteiger partial charge >= 0.3 is 0 Å². The predicted molar refractivity (Wildman–Crippen MR) is 87.2 cm³/mol. The second-order valence-corrected chi connectivity index (χ2v) is 4.87. The van der Waals surface area contributed by atoms with E-state index >= 15 is 0 Å². The number of carbonyl (C=O) groups excluding carboxylic acids is 1. The molecule has 22 heavy (non-hydrogen) atoms. The molecule has 0 heterocycles. The lowest BCUT2D eigenvalue weighted by atomic mass is 10.2. The molecule has 0 aromatic heterocycles. The number of nitrogens with two attached hydrogens (primary N) is 1. The van der Waals surface area contributed by atoms with Crippen LogP contribution in [0.15, 0.2) is 66.4 Å². The average molecular weight is 297 g/mol. The Balaban J connectivity index is 1.97. The first-order valence-corrected chi connectivity index (χ1v) is 6.91. The maximum atomic E-state index is 12.0. The van der Waals surface area contributed by atoms with Crippen LogP contribution in [0.25, 0.3) is 0 Å². The zero-order valence-corrected chi connectivity index (χ0v) is 12.4. The number of hydroxylamine groups is 1. The topological polar surface area (TPSA) is 78.6 Å². The van der Waals surface area contributed by atoms with Crippen LogP contribution < -0.4 is 16.1 Å². The lowest BCUT2D eigenvalue weighted by molar-refractivity contribution is -0.119. The highest BCUT2D eigenvalue weighted by Gasteiger charge is 2.10. The molecule has 1 amide bonds. The summed E-state index contributed by atoms with van der Waals surface area (Å²) in [6.07, 6.45) is 1.34. The largest absolute Gasteiger partial charge is 0.398 e. The molecule has 5 heteroatoms. The van der Waals surface area contributed by atoms with Crippen LogP contribution in [0.2, 0.25) is 0 Å². The third kappa shape index (κ3) is 4.10. The van der Waals surface area contributed by atoms with Crippen LogP contribution in [0.3, 0.4) is 0 Å². The summed E-state index contributed by atoms with van der Waals surface area (Å²) in [6, 6.07) is 16.1. The summed E-state index contributed by atoms with van der Waals surface area (Å²) in [5.74, 6) is -0.516. The molecule has 0 saturated heterocycles. The van der Waals surface area contributed by atoms with Gasteiger partial charge in [0.25, 0.3) is 5.91 Å². The van der Waals surface area contributed by atoms with Crippen molar-refractivity contribution < 1.29 is 10.0 Å². The molecule has 2 aromatic carbocycles. The lowest BCUT2D eigenvalue weighted by Gasteiger charge is -2.14. The number of nitrogen functional groups attached to an aromatic ring is 1. The Bertz CT molecular complexity index is 669. The third-order valence-corrected chi connectivity index (χ3v) is 3.16. The fourth-order valence-corrected chi connectivity index (χ4v) is 1.92. The Morgan fingerprint density at radius 1 is 1.18 bits per heavy atom. The van der Waals surface area contributed by atoms with Crippen LogP contribution in [-0.2, 0) is 11.3 Å². The minimum Gasteiger partial charge on any atom is -0.398 e. The van der Waals surface area contributed by atoms with Crippen LogP contribution in [-0.4, -0.2) is 11.1 Å². The van der Waals surface area contributed by atoms with E-state index in [4.69, 9.17) is 5.73 Å². The molecule has 0 aliphatic rings. The zero-order valence-electron chi connectivity index (χ0n) is 12.4. The zero-order chi connectivity index (χ0) is 15.9. The number of hydrogen-bond donors (Lipinski definition) is 3. The third-order valence-electron chi connectivity index (χ3n) is 3.16. The van der Waals surface area contributed by atoms with E-state index in [1.807, 2.05) is 30.3 Å². The van der Waals surface area contributed by atoms with Crippen LogP contribution in [0.5, 0.6) is 0 Å². The summed E-state index contributed by atoms with van der Waals surface area (Å²) in [4.78, 5) is 12.0. The number of rotatable bonds is 5. The highest BCUT2D eigenvalue weighted by molar-refractivity contribution is 5.99. The van der Waals surface area contributed by atoms with Gasteiger partial charge in [-0.3, -0.25) is 10.0 Å². The molecule has 2 aromatic rings. The second-order valence-electron chi connectivity index (χ2n) is 4.87. The van der Waals surface area contributed by atoms with Crippen LogP contribution in [0.1, 0.15) is 12.5 Å². The highest BCUT2D eigenvalue weighted by Crippen LogP contribution is 2.12. The average Bonchev–Trinajstić information content (AvgIpc) is 2.54. The van der Waals surface area contributed by atoms with Gasteiger partial charge in [-0.2, -0.15) is 5.06 Å². The number of para-hydroxylation sites is 2. The van der Waals surface area contributed by atoms with Crippen molar-refractivity contribution in [3.63, 3.8) is 0 Å². The summed E-state index contributed by atoms with van der Waals surface area (Å²) >= 11 is 0. The van der Waals surface area contributed by atoms with Crippen LogP contribution in [0.4, 0.5) is 11.4 Å². The first-order valence-electron chi connectivity index (χ1n) is 6.91. The van der Waals surface area contributed by atoms with Gasteiger partial charge in [-0.15, -0.1) is 0 Å². The van der Waals surface area contributed by atoms with Gasteiger partial charge in [0.05, 0.1) is 5.69 Å². The van der Waals surface area contributed by atoms with Gasteiger partial charge in [-0.05, 0) is 30.7 Å². The Morgan fingerprint density at radius 3 is 2.50 bits per heavy atom. The molecule has 0 spiro atoms. The molecular weight excluding hydrogens is 278 g/mol. The summed E-state index contributed by atoms with van der Waals surface area (Å²) in [7, 11) is 0. The molecule has 0 radical (unpaired) electrons. The van der Waals surface area contributed by atoms with Crippen molar-refractivity contribution in [1.29, 1.82) is 0 Å². The number of amides is 1. The number of nitrogens with one attached hydrogen (secondary N) is 1. The molecule has 2 rings (SSSR count). The molecule has 0 atom stereocenters. The first kappa shape index (κ1) is 15.6. The number of anilines is 2. The molecule has 0 bridgehead atoms. The van der Waals surface area contributed by atoms with Gasteiger partial charge in [0, 0.05) is 24.0 Å². The molecule has 0 aliphatic carbocycles. The van der Waals surface area contributed by atoms with Gasteiger partial charge in [-0.25, -0.2) is 0 Å². The molecule has 0 fully saturated rings. The summed E-state index contributed by atoms with van der Waals surface area (Å²) < 4.78 is 0. The molecular formula is C17H19N3O2. The fourth-order valence-electron chi connectivity index (χ4n) is 1.92. The van der Waals surface area contributed by atoms with Crippen molar-refractivity contribution in [1.82, 2.24) is 5.32 Å². The monoisotopic (exact) mass is 297 g/mol. The van der Waals surface area contributed by atoms with E-state index in [-0.39, 0.29) is 0 Å². The Kier molecular flexibility index (Phi) is 5.16. The summed E-state index contributed by atoms with van der Waals surface area (Å²) in [5.41, 5.74) is 8.57. The summed E-state index contributed by atoms with van der Waals surface area (Å²) in [6.45, 7) is 2.27. The van der Waals surface area contributed by atoms with E-state index in [2.05, 4.69) is 5.32 Å². The SMILES string of the molecule is C/C(=C\C(=O)N(O)c1ccccc1)NCc1ccccc1N. The van der Waals surface area contributed by atoms with E-state index in [9.17, 15) is 10.0 Å². The van der Waals surface area contributed by atoms with Gasteiger partial charge in [0.1, 0.15) is 0 Å². The Hall–Kier alpha value is -2.79. The second kappa shape index (κ2) is 7.28. The minimum atomic E-state index is -0.516. The van der Waals surface area contributed by atoms with Crippen molar-refractivity contribution >= 4 is 17.3 Å². The van der Waals surface area contributed by atoms with E-state index < -0.39 is 5.91 Å². The quantitative estimate of drug-likeness (QED) is 0.343. The highest BCUT2D eigenvalue weighted by atomic mass is 16.5. The van der Waals surface area contributed by atoms with E-state index in [0.717, 1.165) is 5.56 Å². The Morgan fingerprint density at radius 2 is 1.82 bits per heavy atom. The van der Waals surface area contributed by atoms with Gasteiger partial charge in [0.2, 0.25) is 0 Å². The molecule has 4 N–H and O–H groups in total. The number of allylic oxidation sites excluding steroid dienone is 1. The van der Waals surface area contributed by atoms with Crippen molar-refractivity contribution in [2.24, 2.45) is 0 Å². The molecule has 5 nitrogen and oxygen atoms in total.